The Balaban J connectivity index is 2.09. The van der Waals surface area contributed by atoms with Gasteiger partial charge in [0.15, 0.2) is 5.69 Å². The third-order valence-electron chi connectivity index (χ3n) is 4.28. The van der Waals surface area contributed by atoms with Crippen molar-refractivity contribution >= 4 is 22.4 Å². The largest absolute Gasteiger partial charge is 0.497 e. The molecule has 0 atom stereocenters. The number of rotatable bonds is 6. The van der Waals surface area contributed by atoms with Crippen molar-refractivity contribution in [2.45, 2.75) is 20.4 Å². The number of hydrogen-bond donors (Lipinski definition) is 1. The van der Waals surface area contributed by atoms with Crippen LogP contribution in [0.2, 0.25) is 0 Å². The molecule has 0 radical (unpaired) electrons. The summed E-state index contributed by atoms with van der Waals surface area (Å²) in [5, 5.41) is 8.14. The number of hydrogen-bond acceptors (Lipinski definition) is 5. The zero-order valence-electron chi connectivity index (χ0n) is 16.4. The van der Waals surface area contributed by atoms with E-state index in [2.05, 4.69) is 10.4 Å². The first kappa shape index (κ1) is 19.4. The van der Waals surface area contributed by atoms with Crippen LogP contribution in [0.15, 0.2) is 47.3 Å². The zero-order valence-corrected chi connectivity index (χ0v) is 16.4. The van der Waals surface area contributed by atoms with E-state index < -0.39 is 5.91 Å². The molecule has 3 aromatic rings. The lowest BCUT2D eigenvalue weighted by molar-refractivity contribution is 0.102. The molecule has 2 aromatic carbocycles. The van der Waals surface area contributed by atoms with Crippen LogP contribution < -0.4 is 20.3 Å². The van der Waals surface area contributed by atoms with Crippen LogP contribution >= 0.6 is 0 Å². The summed E-state index contributed by atoms with van der Waals surface area (Å²) >= 11 is 0. The zero-order chi connectivity index (χ0) is 20.3. The molecule has 0 aliphatic rings. The lowest BCUT2D eigenvalue weighted by Gasteiger charge is -2.14. The van der Waals surface area contributed by atoms with Gasteiger partial charge < -0.3 is 14.8 Å². The normalized spacial score (nSPS) is 10.9. The number of nitrogens with one attached hydrogen (secondary N) is 1. The second-order valence-electron chi connectivity index (χ2n) is 6.80. The number of nitrogens with zero attached hydrogens (tertiary/aromatic N) is 2. The second kappa shape index (κ2) is 8.12. The first-order valence-electron chi connectivity index (χ1n) is 8.97. The number of carbonyl (C=O) groups excluding carboxylic acids is 1. The summed E-state index contributed by atoms with van der Waals surface area (Å²) in [6.07, 6.45) is 0. The summed E-state index contributed by atoms with van der Waals surface area (Å²) in [7, 11) is 3.07. The lowest BCUT2D eigenvalue weighted by atomic mass is 10.1. The highest BCUT2D eigenvalue weighted by Crippen LogP contribution is 2.29. The first-order valence-corrected chi connectivity index (χ1v) is 8.97. The molecule has 7 nitrogen and oxygen atoms in total. The Morgan fingerprint density at radius 2 is 1.82 bits per heavy atom. The van der Waals surface area contributed by atoms with Gasteiger partial charge >= 0.3 is 0 Å². The van der Waals surface area contributed by atoms with Gasteiger partial charge in [0.05, 0.1) is 25.3 Å². The van der Waals surface area contributed by atoms with Gasteiger partial charge in [-0.15, -0.1) is 0 Å². The molecule has 1 aromatic heterocycles. The summed E-state index contributed by atoms with van der Waals surface area (Å²) in [4.78, 5) is 25.8. The number of fused-ring (bicyclic) bond motifs is 1. The molecular formula is C21H23N3O4. The van der Waals surface area contributed by atoms with Crippen LogP contribution in [-0.4, -0.2) is 29.9 Å². The Kier molecular flexibility index (Phi) is 5.63. The number of benzene rings is 2. The monoisotopic (exact) mass is 381 g/mol. The molecule has 1 N–H and O–H groups in total. The van der Waals surface area contributed by atoms with Crippen molar-refractivity contribution in [2.75, 3.05) is 19.5 Å². The van der Waals surface area contributed by atoms with Gasteiger partial charge in [-0.25, -0.2) is 4.68 Å². The average molecular weight is 381 g/mol. The van der Waals surface area contributed by atoms with Crippen molar-refractivity contribution in [3.05, 3.63) is 58.5 Å². The third-order valence-corrected chi connectivity index (χ3v) is 4.28. The maximum absolute atomic E-state index is 13.1. The van der Waals surface area contributed by atoms with Gasteiger partial charge in [0.2, 0.25) is 0 Å². The molecular weight excluding hydrogens is 358 g/mol. The molecule has 0 aliphatic heterocycles. The predicted octanol–water partition coefficient (Wildman–Crippen LogP) is 3.32. The number of carbonyl (C=O) groups is 1. The third kappa shape index (κ3) is 3.83. The highest BCUT2D eigenvalue weighted by Gasteiger charge is 2.19. The molecule has 28 heavy (non-hydrogen) atoms. The number of ether oxygens (including phenoxy) is 2. The minimum absolute atomic E-state index is 0.181. The molecule has 0 bridgehead atoms. The fourth-order valence-electron chi connectivity index (χ4n) is 2.97. The van der Waals surface area contributed by atoms with Crippen LogP contribution in [0.25, 0.3) is 10.8 Å². The summed E-state index contributed by atoms with van der Waals surface area (Å²) in [5.41, 5.74) is 0.430. The van der Waals surface area contributed by atoms with E-state index in [0.717, 1.165) is 0 Å². The van der Waals surface area contributed by atoms with Gasteiger partial charge in [0, 0.05) is 18.0 Å². The van der Waals surface area contributed by atoms with Gasteiger partial charge in [-0.2, -0.15) is 5.10 Å². The van der Waals surface area contributed by atoms with E-state index in [4.69, 9.17) is 9.47 Å². The minimum Gasteiger partial charge on any atom is -0.497 e. The smallest absolute Gasteiger partial charge is 0.276 e. The van der Waals surface area contributed by atoms with Crippen LogP contribution in [0.1, 0.15) is 24.3 Å². The Labute approximate surface area is 162 Å². The minimum atomic E-state index is -0.430. The second-order valence-corrected chi connectivity index (χ2v) is 6.80. The van der Waals surface area contributed by atoms with Gasteiger partial charge in [-0.05, 0) is 24.1 Å². The molecule has 0 fully saturated rings. The SMILES string of the molecule is COc1ccc(OC)c(NC(=O)c2nn(CC(C)C)c(=O)c3ccccc23)c1. The van der Waals surface area contributed by atoms with Gasteiger partial charge in [-0.1, -0.05) is 32.0 Å². The Bertz CT molecular complexity index is 1070. The number of amides is 1. The van der Waals surface area contributed by atoms with Crippen LogP contribution in [0.4, 0.5) is 5.69 Å². The summed E-state index contributed by atoms with van der Waals surface area (Å²) in [5.74, 6) is 0.855. The highest BCUT2D eigenvalue weighted by molar-refractivity contribution is 6.11. The average Bonchev–Trinajstić information content (AvgIpc) is 2.69. The molecule has 0 saturated heterocycles. The van der Waals surface area contributed by atoms with E-state index >= 15 is 0 Å². The van der Waals surface area contributed by atoms with Gasteiger partial charge in [0.25, 0.3) is 11.5 Å². The topological polar surface area (TPSA) is 82.4 Å². The van der Waals surface area contributed by atoms with Crippen LogP contribution in [0.5, 0.6) is 11.5 Å². The van der Waals surface area contributed by atoms with E-state index in [1.807, 2.05) is 13.8 Å². The number of anilines is 1. The predicted molar refractivity (Wildman–Crippen MR) is 108 cm³/mol. The van der Waals surface area contributed by atoms with Crippen LogP contribution in [0, 0.1) is 5.92 Å². The van der Waals surface area contributed by atoms with Gasteiger partial charge in [0.1, 0.15) is 11.5 Å². The number of aromatic nitrogens is 2. The lowest BCUT2D eigenvalue weighted by Crippen LogP contribution is -2.29. The molecule has 3 rings (SSSR count). The van der Waals surface area contributed by atoms with Crippen molar-refractivity contribution < 1.29 is 14.3 Å². The highest BCUT2D eigenvalue weighted by atomic mass is 16.5. The molecule has 0 spiro atoms. The number of methoxy groups -OCH3 is 2. The van der Waals surface area contributed by atoms with Crippen LogP contribution in [-0.2, 0) is 6.54 Å². The maximum Gasteiger partial charge on any atom is 0.276 e. The standard InChI is InChI=1S/C21H23N3O4/c1-13(2)12-24-21(26)16-8-6-5-7-15(16)19(23-24)20(25)22-17-11-14(27-3)9-10-18(17)28-4/h5-11,13H,12H2,1-4H3,(H,22,25). The van der Waals surface area contributed by atoms with E-state index in [1.54, 1.807) is 49.6 Å². The van der Waals surface area contributed by atoms with Crippen molar-refractivity contribution in [1.29, 1.82) is 0 Å². The van der Waals surface area contributed by atoms with E-state index in [1.165, 1.54) is 11.8 Å². The Morgan fingerprint density at radius 1 is 1.11 bits per heavy atom. The molecule has 0 aliphatic carbocycles. The van der Waals surface area contributed by atoms with Crippen molar-refractivity contribution in [1.82, 2.24) is 9.78 Å². The van der Waals surface area contributed by atoms with E-state index in [-0.39, 0.29) is 17.2 Å². The fourth-order valence-corrected chi connectivity index (χ4v) is 2.97. The molecule has 146 valence electrons. The molecule has 0 unspecified atom stereocenters. The summed E-state index contributed by atoms with van der Waals surface area (Å²) < 4.78 is 11.9. The molecule has 7 heteroatoms. The Hall–Kier alpha value is -3.35. The summed E-state index contributed by atoms with van der Waals surface area (Å²) in [6, 6.07) is 12.1. The van der Waals surface area contributed by atoms with E-state index in [0.29, 0.717) is 34.5 Å². The van der Waals surface area contributed by atoms with Crippen molar-refractivity contribution in [3.63, 3.8) is 0 Å². The van der Waals surface area contributed by atoms with Crippen molar-refractivity contribution in [3.8, 4) is 11.5 Å². The first-order chi connectivity index (χ1) is 13.4. The maximum atomic E-state index is 13.1. The molecule has 0 saturated carbocycles. The Morgan fingerprint density at radius 3 is 2.46 bits per heavy atom. The summed E-state index contributed by atoms with van der Waals surface area (Å²) in [6.45, 7) is 4.40. The quantitative estimate of drug-likeness (QED) is 0.708. The fraction of sp³-hybridized carbons (Fsp3) is 0.286. The van der Waals surface area contributed by atoms with Crippen molar-refractivity contribution in [2.24, 2.45) is 5.92 Å². The van der Waals surface area contributed by atoms with Gasteiger partial charge in [-0.3, -0.25) is 9.59 Å². The van der Waals surface area contributed by atoms with E-state index in [9.17, 15) is 9.59 Å². The molecule has 1 amide bonds. The molecule has 1 heterocycles. The van der Waals surface area contributed by atoms with Crippen LogP contribution in [0.3, 0.4) is 0 Å².